The second kappa shape index (κ2) is 28.2. The molecule has 4 N–H and O–H groups in total. The summed E-state index contributed by atoms with van der Waals surface area (Å²) in [5, 5.41) is 20.6. The Bertz CT molecular complexity index is 2470. The van der Waals surface area contributed by atoms with Gasteiger partial charge in [-0.2, -0.15) is 10.2 Å². The normalized spacial score (nSPS) is 12.4. The molecule has 4 amide bonds. The molecule has 2 aromatic carbocycles. The molecule has 0 radical (unpaired) electrons. The Morgan fingerprint density at radius 1 is 0.575 bits per heavy atom. The smallest absolute Gasteiger partial charge is 0.325 e. The molecule has 0 aliphatic heterocycles. The van der Waals surface area contributed by atoms with E-state index in [-0.39, 0.29) is 61.3 Å². The average molecular weight is 1020 g/mol. The van der Waals surface area contributed by atoms with Gasteiger partial charge >= 0.3 is 11.9 Å². The Labute approximate surface area is 428 Å². The molecule has 0 aliphatic rings. The Hall–Kier alpha value is -7.12. The first-order valence-electron chi connectivity index (χ1n) is 24.9. The number of amides is 4. The molecule has 2 aromatic heterocycles. The summed E-state index contributed by atoms with van der Waals surface area (Å²) >= 11 is 0. The van der Waals surface area contributed by atoms with Crippen LogP contribution in [-0.4, -0.2) is 116 Å². The summed E-state index contributed by atoms with van der Waals surface area (Å²) in [7, 11) is 7.34. The molecule has 3 atom stereocenters. The van der Waals surface area contributed by atoms with Gasteiger partial charge in [-0.1, -0.05) is 54.5 Å². The quantitative estimate of drug-likeness (QED) is 0.0401. The van der Waals surface area contributed by atoms with E-state index in [0.29, 0.717) is 70.3 Å². The number of hydrogen-bond acceptors (Lipinski definition) is 14. The van der Waals surface area contributed by atoms with Crippen molar-refractivity contribution in [3.05, 3.63) is 59.4 Å². The van der Waals surface area contributed by atoms with E-state index in [1.54, 1.807) is 43.2 Å². The van der Waals surface area contributed by atoms with Crippen molar-refractivity contribution in [3.8, 4) is 45.5 Å². The Kier molecular flexibility index (Phi) is 22.6. The fraction of sp³-hybridized carbons (Fsp3) is 0.547. The fourth-order valence-electron chi connectivity index (χ4n) is 8.48. The zero-order chi connectivity index (χ0) is 53.9. The van der Waals surface area contributed by atoms with Gasteiger partial charge in [0.2, 0.25) is 11.8 Å². The van der Waals surface area contributed by atoms with E-state index < -0.39 is 54.2 Å². The summed E-state index contributed by atoms with van der Waals surface area (Å²) in [5.74, 6) is -1.00. The predicted molar refractivity (Wildman–Crippen MR) is 275 cm³/mol. The van der Waals surface area contributed by atoms with E-state index in [1.165, 1.54) is 21.3 Å². The van der Waals surface area contributed by atoms with Crippen LogP contribution < -0.4 is 40.2 Å². The summed E-state index contributed by atoms with van der Waals surface area (Å²) in [5.41, 5.74) is 3.15. The van der Waals surface area contributed by atoms with E-state index >= 15 is 0 Å². The number of methoxy groups -OCH3 is 5. The summed E-state index contributed by atoms with van der Waals surface area (Å²) in [6, 6.07) is 10.9. The molecule has 0 saturated heterocycles. The van der Waals surface area contributed by atoms with E-state index in [1.807, 2.05) is 64.4 Å². The highest BCUT2D eigenvalue weighted by Crippen LogP contribution is 2.42. The number of nitrogens with zero attached hydrogens (tertiary/aromatic N) is 4. The van der Waals surface area contributed by atoms with Crippen LogP contribution in [-0.2, 0) is 35.3 Å². The second-order valence-corrected chi connectivity index (χ2v) is 18.7. The first-order valence-corrected chi connectivity index (χ1v) is 24.9. The standard InChI is InChI=1S/C53H76N8O12/c1-14-33(8)60-40(26-38(58-60)52(66)56-35(20-31(4)5)24-46(62)54-28-48(64)72-13)51-44(70-11)22-34(23-45(51)71-12)30-73-49(65)29-55-47(63)25-36(21-32(6)7)57-53(67)39-27-41(61(59-39)37(15-2)16-3)50-42(68-9)18-17-19-43(50)69-10/h17-19,22-23,26-27,31-33,35-37H,14-16,20-21,24-25,28-30H2,1-13H3,(H,54,62)(H,55,63)(H,56,66)(H,57,67)/t33?,35-,36-/m0/s1. The van der Waals surface area contributed by atoms with Crippen LogP contribution in [0.5, 0.6) is 23.0 Å². The number of hydrogen-bond donors (Lipinski definition) is 4. The summed E-state index contributed by atoms with van der Waals surface area (Å²) < 4.78 is 36.9. The molecule has 0 aliphatic carbocycles. The van der Waals surface area contributed by atoms with Gasteiger partial charge in [-0.05, 0) is 92.8 Å². The van der Waals surface area contributed by atoms with Crippen molar-refractivity contribution in [2.45, 2.75) is 131 Å². The minimum atomic E-state index is -0.701. The molecule has 20 heteroatoms. The minimum Gasteiger partial charge on any atom is -0.496 e. The van der Waals surface area contributed by atoms with Gasteiger partial charge in [0, 0.05) is 31.0 Å². The number of nitrogens with one attached hydrogen (secondary N) is 4. The monoisotopic (exact) mass is 1020 g/mol. The Morgan fingerprint density at radius 2 is 1.01 bits per heavy atom. The lowest BCUT2D eigenvalue weighted by Gasteiger charge is -2.20. The number of benzene rings is 2. The van der Waals surface area contributed by atoms with E-state index in [9.17, 15) is 28.8 Å². The molecule has 4 rings (SSSR count). The molecule has 0 saturated carbocycles. The van der Waals surface area contributed by atoms with Crippen LogP contribution in [0.4, 0.5) is 0 Å². The second-order valence-electron chi connectivity index (χ2n) is 18.7. The van der Waals surface area contributed by atoms with Gasteiger partial charge in [-0.15, -0.1) is 0 Å². The first kappa shape index (κ1) is 58.5. The van der Waals surface area contributed by atoms with Crippen molar-refractivity contribution in [2.24, 2.45) is 11.8 Å². The lowest BCUT2D eigenvalue weighted by atomic mass is 10.0. The van der Waals surface area contributed by atoms with Crippen molar-refractivity contribution in [2.75, 3.05) is 48.6 Å². The maximum Gasteiger partial charge on any atom is 0.325 e. The average Bonchev–Trinajstić information content (AvgIpc) is 4.01. The van der Waals surface area contributed by atoms with Gasteiger partial charge in [0.1, 0.15) is 42.7 Å². The highest BCUT2D eigenvalue weighted by atomic mass is 16.5. The Balaban J connectivity index is 1.47. The third kappa shape index (κ3) is 16.2. The van der Waals surface area contributed by atoms with Gasteiger partial charge in [0.15, 0.2) is 11.4 Å². The molecular weight excluding hydrogens is 941 g/mol. The van der Waals surface area contributed by atoms with Crippen molar-refractivity contribution >= 4 is 35.6 Å². The van der Waals surface area contributed by atoms with Crippen LogP contribution in [0.1, 0.15) is 139 Å². The van der Waals surface area contributed by atoms with Gasteiger partial charge in [0.25, 0.3) is 11.8 Å². The lowest BCUT2D eigenvalue weighted by Crippen LogP contribution is -2.41. The van der Waals surface area contributed by atoms with Crippen molar-refractivity contribution in [3.63, 3.8) is 0 Å². The molecular formula is C53H76N8O12. The molecule has 0 bridgehead atoms. The number of aromatic nitrogens is 4. The molecule has 2 heterocycles. The maximum absolute atomic E-state index is 13.9. The number of ether oxygens (including phenoxy) is 6. The van der Waals surface area contributed by atoms with Crippen LogP contribution in [0.15, 0.2) is 42.5 Å². The highest BCUT2D eigenvalue weighted by molar-refractivity contribution is 5.96. The lowest BCUT2D eigenvalue weighted by molar-refractivity contribution is -0.145. The molecule has 20 nitrogen and oxygen atoms in total. The van der Waals surface area contributed by atoms with Gasteiger partial charge in [0.05, 0.1) is 64.1 Å². The van der Waals surface area contributed by atoms with E-state index in [4.69, 9.17) is 33.9 Å². The van der Waals surface area contributed by atoms with Crippen molar-refractivity contribution in [1.29, 1.82) is 0 Å². The fourth-order valence-corrected chi connectivity index (χ4v) is 8.48. The third-order valence-electron chi connectivity index (χ3n) is 12.3. The van der Waals surface area contributed by atoms with Crippen LogP contribution in [0.2, 0.25) is 0 Å². The maximum atomic E-state index is 13.9. The number of rotatable bonds is 29. The van der Waals surface area contributed by atoms with E-state index in [0.717, 1.165) is 12.8 Å². The summed E-state index contributed by atoms with van der Waals surface area (Å²) in [6.45, 7) is 15.1. The third-order valence-corrected chi connectivity index (χ3v) is 12.3. The molecule has 1 unspecified atom stereocenters. The van der Waals surface area contributed by atoms with Gasteiger partial charge < -0.3 is 49.7 Å². The van der Waals surface area contributed by atoms with Crippen LogP contribution in [0.25, 0.3) is 22.5 Å². The zero-order valence-electron chi connectivity index (χ0n) is 44.8. The van der Waals surface area contributed by atoms with E-state index in [2.05, 4.69) is 39.9 Å². The van der Waals surface area contributed by atoms with Crippen LogP contribution in [0, 0.1) is 11.8 Å². The minimum absolute atomic E-state index is 0.0150. The number of carbonyl (C=O) groups excluding carboxylic acids is 6. The van der Waals surface area contributed by atoms with Gasteiger partial charge in [-0.3, -0.25) is 38.1 Å². The largest absolute Gasteiger partial charge is 0.496 e. The van der Waals surface area contributed by atoms with Crippen LogP contribution >= 0.6 is 0 Å². The highest BCUT2D eigenvalue weighted by Gasteiger charge is 2.29. The van der Waals surface area contributed by atoms with Crippen molar-refractivity contribution in [1.82, 2.24) is 40.8 Å². The Morgan fingerprint density at radius 3 is 1.44 bits per heavy atom. The molecule has 400 valence electrons. The SMILES string of the molecule is CCC(C)n1nc(C(=O)N[C@H](CC(=O)NCC(=O)OC)CC(C)C)cc1-c1c(OC)cc(COC(=O)CNC(=O)C[C@H](CC(C)C)NC(=O)c2cc(-c3c(OC)cccc3OC)n(C(CC)CC)n2)cc1OC. The topological polar surface area (TPSA) is 242 Å². The zero-order valence-corrected chi connectivity index (χ0v) is 44.8. The number of carbonyl (C=O) groups is 6. The molecule has 4 aromatic rings. The molecule has 73 heavy (non-hydrogen) atoms. The number of esters is 2. The van der Waals surface area contributed by atoms with Crippen LogP contribution in [0.3, 0.4) is 0 Å². The summed E-state index contributed by atoms with van der Waals surface area (Å²) in [4.78, 5) is 78.4. The first-order chi connectivity index (χ1) is 34.8. The van der Waals surface area contributed by atoms with Crippen molar-refractivity contribution < 1.29 is 57.2 Å². The van der Waals surface area contributed by atoms with Gasteiger partial charge in [-0.25, -0.2) is 0 Å². The molecule has 0 spiro atoms. The summed E-state index contributed by atoms with van der Waals surface area (Å²) in [6.07, 6.45) is 3.02. The molecule has 0 fully saturated rings. The predicted octanol–water partition coefficient (Wildman–Crippen LogP) is 7.00.